The Kier molecular flexibility index (Phi) is 4.47. The van der Waals surface area contributed by atoms with Gasteiger partial charge in [-0.3, -0.25) is 4.90 Å². The van der Waals surface area contributed by atoms with Crippen molar-refractivity contribution in [3.63, 3.8) is 0 Å². The molecular weight excluding hydrogens is 308 g/mol. The summed E-state index contributed by atoms with van der Waals surface area (Å²) < 4.78 is 0.851. The third-order valence-electron chi connectivity index (χ3n) is 3.71. The fourth-order valence-electron chi connectivity index (χ4n) is 2.58. The largest absolute Gasteiger partial charge is 0.478 e. The first-order chi connectivity index (χ1) is 9.02. The number of benzene rings is 1. The number of hydrogen-bond donors (Lipinski definition) is 1. The van der Waals surface area contributed by atoms with E-state index < -0.39 is 5.97 Å². The molecule has 4 nitrogen and oxygen atoms in total. The summed E-state index contributed by atoms with van der Waals surface area (Å²) in [6.45, 7) is 8.49. The smallest absolute Gasteiger partial charge is 0.335 e. The standard InChI is InChI=1S/C14H19BrN2O2/c1-3-16-6-7-17(9-10(16)2)13-5-4-11(14(18)19)8-12(13)15/h4-5,8,10H,3,6-7,9H2,1-2H3,(H,18,19). The third kappa shape index (κ3) is 3.09. The Labute approximate surface area is 122 Å². The second kappa shape index (κ2) is 5.92. The summed E-state index contributed by atoms with van der Waals surface area (Å²) in [5.74, 6) is -0.892. The van der Waals surface area contributed by atoms with Crippen LogP contribution < -0.4 is 4.90 Å². The fourth-order valence-corrected chi connectivity index (χ4v) is 3.21. The molecule has 0 aromatic heterocycles. The van der Waals surface area contributed by atoms with Crippen LogP contribution in [0.5, 0.6) is 0 Å². The van der Waals surface area contributed by atoms with Crippen molar-refractivity contribution in [3.05, 3.63) is 28.2 Å². The van der Waals surface area contributed by atoms with Crippen molar-refractivity contribution in [1.82, 2.24) is 4.90 Å². The SMILES string of the molecule is CCN1CCN(c2ccc(C(=O)O)cc2Br)CC1C. The molecule has 1 aliphatic heterocycles. The molecular formula is C14H19BrN2O2. The van der Waals surface area contributed by atoms with Crippen molar-refractivity contribution in [2.45, 2.75) is 19.9 Å². The van der Waals surface area contributed by atoms with Crippen LogP contribution in [0.2, 0.25) is 0 Å². The maximum absolute atomic E-state index is 10.9. The van der Waals surface area contributed by atoms with E-state index in [-0.39, 0.29) is 0 Å². The lowest BCUT2D eigenvalue weighted by molar-refractivity contribution is 0.0697. The molecule has 5 heteroatoms. The molecule has 19 heavy (non-hydrogen) atoms. The summed E-state index contributed by atoms with van der Waals surface area (Å²) in [5, 5.41) is 8.98. The number of piperazine rings is 1. The van der Waals surface area contributed by atoms with Crippen molar-refractivity contribution >= 4 is 27.6 Å². The van der Waals surface area contributed by atoms with E-state index in [4.69, 9.17) is 5.11 Å². The first-order valence-corrected chi connectivity index (χ1v) is 7.34. The zero-order valence-electron chi connectivity index (χ0n) is 11.3. The second-order valence-electron chi connectivity index (χ2n) is 4.89. The number of carboxylic acid groups (broad SMARTS) is 1. The van der Waals surface area contributed by atoms with E-state index in [9.17, 15) is 4.79 Å². The maximum atomic E-state index is 10.9. The van der Waals surface area contributed by atoms with Crippen LogP contribution in [0.25, 0.3) is 0 Å². The maximum Gasteiger partial charge on any atom is 0.335 e. The van der Waals surface area contributed by atoms with E-state index >= 15 is 0 Å². The minimum atomic E-state index is -0.892. The highest BCUT2D eigenvalue weighted by molar-refractivity contribution is 9.10. The summed E-state index contributed by atoms with van der Waals surface area (Å²) in [6.07, 6.45) is 0. The van der Waals surface area contributed by atoms with E-state index in [2.05, 4.69) is 39.6 Å². The van der Waals surface area contributed by atoms with E-state index in [1.807, 2.05) is 6.07 Å². The first kappa shape index (κ1) is 14.3. The van der Waals surface area contributed by atoms with Gasteiger partial charge in [-0.15, -0.1) is 0 Å². The number of halogens is 1. The van der Waals surface area contributed by atoms with Crippen molar-refractivity contribution < 1.29 is 9.90 Å². The average Bonchev–Trinajstić information content (AvgIpc) is 2.38. The topological polar surface area (TPSA) is 43.8 Å². The van der Waals surface area contributed by atoms with Crippen LogP contribution in [-0.2, 0) is 0 Å². The van der Waals surface area contributed by atoms with Crippen LogP contribution >= 0.6 is 15.9 Å². The van der Waals surface area contributed by atoms with E-state index in [0.29, 0.717) is 11.6 Å². The van der Waals surface area contributed by atoms with Gasteiger partial charge in [0.2, 0.25) is 0 Å². The molecule has 0 aliphatic carbocycles. The van der Waals surface area contributed by atoms with Crippen LogP contribution in [0.15, 0.2) is 22.7 Å². The van der Waals surface area contributed by atoms with Gasteiger partial charge >= 0.3 is 5.97 Å². The van der Waals surface area contributed by atoms with Gasteiger partial charge in [0.1, 0.15) is 0 Å². The molecule has 1 unspecified atom stereocenters. The third-order valence-corrected chi connectivity index (χ3v) is 4.34. The summed E-state index contributed by atoms with van der Waals surface area (Å²) in [7, 11) is 0. The number of aromatic carboxylic acids is 1. The molecule has 104 valence electrons. The molecule has 1 aromatic rings. The molecule has 1 heterocycles. The predicted octanol–water partition coefficient (Wildman–Crippen LogP) is 2.68. The highest BCUT2D eigenvalue weighted by atomic mass is 79.9. The Balaban J connectivity index is 2.17. The van der Waals surface area contributed by atoms with Crippen LogP contribution in [-0.4, -0.2) is 48.2 Å². The minimum Gasteiger partial charge on any atom is -0.478 e. The molecule has 0 bridgehead atoms. The normalized spacial score (nSPS) is 20.6. The van der Waals surface area contributed by atoms with Crippen LogP contribution in [0.1, 0.15) is 24.2 Å². The molecule has 0 radical (unpaired) electrons. The molecule has 1 aromatic carbocycles. The number of carbonyl (C=O) groups is 1. The predicted molar refractivity (Wildman–Crippen MR) is 80.0 cm³/mol. The number of carboxylic acids is 1. The minimum absolute atomic E-state index is 0.316. The van der Waals surface area contributed by atoms with E-state index in [0.717, 1.165) is 36.3 Å². The molecule has 1 aliphatic rings. The molecule has 0 amide bonds. The Morgan fingerprint density at radius 3 is 2.74 bits per heavy atom. The van der Waals surface area contributed by atoms with Gasteiger partial charge in [0.05, 0.1) is 11.3 Å². The molecule has 0 spiro atoms. The van der Waals surface area contributed by atoms with Gasteiger partial charge in [0, 0.05) is 30.1 Å². The van der Waals surface area contributed by atoms with E-state index in [1.165, 1.54) is 0 Å². The monoisotopic (exact) mass is 326 g/mol. The summed E-state index contributed by atoms with van der Waals surface area (Å²) in [5.41, 5.74) is 1.39. The van der Waals surface area contributed by atoms with Crippen molar-refractivity contribution in [2.24, 2.45) is 0 Å². The Hall–Kier alpha value is -1.07. The highest BCUT2D eigenvalue weighted by Crippen LogP contribution is 2.29. The van der Waals surface area contributed by atoms with Gasteiger partial charge in [-0.25, -0.2) is 4.79 Å². The lowest BCUT2D eigenvalue weighted by Crippen LogP contribution is -2.51. The average molecular weight is 327 g/mol. The van der Waals surface area contributed by atoms with Crippen molar-refractivity contribution in [3.8, 4) is 0 Å². The molecule has 1 N–H and O–H groups in total. The van der Waals surface area contributed by atoms with Gasteiger partial charge in [0.15, 0.2) is 0 Å². The lowest BCUT2D eigenvalue weighted by atomic mass is 10.1. The molecule has 1 saturated heterocycles. The zero-order valence-corrected chi connectivity index (χ0v) is 12.9. The number of nitrogens with zero attached hydrogens (tertiary/aromatic N) is 2. The molecule has 1 atom stereocenters. The van der Waals surface area contributed by atoms with Gasteiger partial charge in [0.25, 0.3) is 0 Å². The number of likely N-dealkylation sites (N-methyl/N-ethyl adjacent to an activating group) is 1. The van der Waals surface area contributed by atoms with Crippen LogP contribution in [0, 0.1) is 0 Å². The van der Waals surface area contributed by atoms with Gasteiger partial charge < -0.3 is 10.0 Å². The Morgan fingerprint density at radius 2 is 2.21 bits per heavy atom. The highest BCUT2D eigenvalue weighted by Gasteiger charge is 2.23. The van der Waals surface area contributed by atoms with Crippen molar-refractivity contribution in [2.75, 3.05) is 31.1 Å². The Bertz CT molecular complexity index is 479. The summed E-state index contributed by atoms with van der Waals surface area (Å²) >= 11 is 3.48. The Morgan fingerprint density at radius 1 is 1.47 bits per heavy atom. The number of anilines is 1. The van der Waals surface area contributed by atoms with Crippen molar-refractivity contribution in [1.29, 1.82) is 0 Å². The summed E-state index contributed by atoms with van der Waals surface area (Å²) in [6, 6.07) is 5.75. The quantitative estimate of drug-likeness (QED) is 0.927. The van der Waals surface area contributed by atoms with Crippen LogP contribution in [0.4, 0.5) is 5.69 Å². The van der Waals surface area contributed by atoms with Gasteiger partial charge in [-0.2, -0.15) is 0 Å². The zero-order chi connectivity index (χ0) is 14.0. The fraction of sp³-hybridized carbons (Fsp3) is 0.500. The number of hydrogen-bond acceptors (Lipinski definition) is 3. The first-order valence-electron chi connectivity index (χ1n) is 6.54. The lowest BCUT2D eigenvalue weighted by Gasteiger charge is -2.40. The molecule has 1 fully saturated rings. The van der Waals surface area contributed by atoms with E-state index in [1.54, 1.807) is 12.1 Å². The summed E-state index contributed by atoms with van der Waals surface area (Å²) in [4.78, 5) is 15.7. The number of rotatable bonds is 3. The molecule has 2 rings (SSSR count). The second-order valence-corrected chi connectivity index (χ2v) is 5.75. The van der Waals surface area contributed by atoms with Crippen LogP contribution in [0.3, 0.4) is 0 Å². The van der Waals surface area contributed by atoms with Gasteiger partial charge in [-0.05, 0) is 47.6 Å². The molecule has 0 saturated carbocycles. The van der Waals surface area contributed by atoms with Gasteiger partial charge in [-0.1, -0.05) is 6.92 Å².